The van der Waals surface area contributed by atoms with Gasteiger partial charge in [0, 0.05) is 36.6 Å². The second kappa shape index (κ2) is 9.81. The summed E-state index contributed by atoms with van der Waals surface area (Å²) >= 11 is 1.90. The van der Waals surface area contributed by atoms with E-state index < -0.39 is 0 Å². The number of halogens is 1. The number of amides is 1. The van der Waals surface area contributed by atoms with Crippen LogP contribution in [-0.4, -0.2) is 30.3 Å². The van der Waals surface area contributed by atoms with Crippen LogP contribution in [0.15, 0.2) is 42.5 Å². The van der Waals surface area contributed by atoms with Gasteiger partial charge in [0.1, 0.15) is 0 Å². The molecule has 146 valence electrons. The molecule has 0 aliphatic carbocycles. The molecule has 2 bridgehead atoms. The number of nitrogens with one attached hydrogen (secondary N) is 2. The van der Waals surface area contributed by atoms with Crippen LogP contribution < -0.4 is 10.6 Å². The van der Waals surface area contributed by atoms with Gasteiger partial charge in [-0.1, -0.05) is 42.5 Å². The SMILES string of the molecule is Cl.O=C(CC1CC2CCC(C1)N2)NCCSCc1cccc2ccccc12. The summed E-state index contributed by atoms with van der Waals surface area (Å²) < 4.78 is 0. The maximum absolute atomic E-state index is 12.2. The molecule has 2 aromatic rings. The van der Waals surface area contributed by atoms with Crippen molar-refractivity contribution in [1.29, 1.82) is 0 Å². The number of benzene rings is 2. The third-order valence-corrected chi connectivity index (χ3v) is 6.76. The van der Waals surface area contributed by atoms with E-state index in [0.717, 1.165) is 18.1 Å². The van der Waals surface area contributed by atoms with Crippen LogP contribution in [0.2, 0.25) is 0 Å². The Morgan fingerprint density at radius 2 is 1.81 bits per heavy atom. The zero-order chi connectivity index (χ0) is 17.8. The van der Waals surface area contributed by atoms with Gasteiger partial charge in [-0.3, -0.25) is 4.79 Å². The molecule has 2 saturated heterocycles. The van der Waals surface area contributed by atoms with E-state index in [1.54, 1.807) is 0 Å². The third-order valence-electron chi connectivity index (χ3n) is 5.75. The first-order valence-electron chi connectivity index (χ1n) is 9.85. The summed E-state index contributed by atoms with van der Waals surface area (Å²) in [7, 11) is 0. The maximum atomic E-state index is 12.2. The van der Waals surface area contributed by atoms with Crippen molar-refractivity contribution >= 4 is 40.8 Å². The van der Waals surface area contributed by atoms with Crippen molar-refractivity contribution in [2.75, 3.05) is 12.3 Å². The molecule has 2 atom stereocenters. The Morgan fingerprint density at radius 1 is 1.07 bits per heavy atom. The number of carbonyl (C=O) groups excluding carboxylic acids is 1. The Labute approximate surface area is 172 Å². The maximum Gasteiger partial charge on any atom is 0.220 e. The first-order valence-corrected chi connectivity index (χ1v) is 11.0. The predicted octanol–water partition coefficient (Wildman–Crippen LogP) is 4.53. The van der Waals surface area contributed by atoms with Crippen molar-refractivity contribution in [1.82, 2.24) is 10.6 Å². The standard InChI is InChI=1S/C22H28N2OS.ClH/c25-22(14-16-12-19-8-9-20(13-16)24-19)23-10-11-26-15-18-6-3-5-17-4-1-2-7-21(17)18;/h1-7,16,19-20,24H,8-15H2,(H,23,25);1H. The molecule has 0 aromatic heterocycles. The van der Waals surface area contributed by atoms with Crippen LogP contribution >= 0.6 is 24.2 Å². The van der Waals surface area contributed by atoms with Crippen molar-refractivity contribution in [3.05, 3.63) is 48.0 Å². The van der Waals surface area contributed by atoms with E-state index in [2.05, 4.69) is 53.1 Å². The monoisotopic (exact) mass is 404 g/mol. The minimum absolute atomic E-state index is 0. The summed E-state index contributed by atoms with van der Waals surface area (Å²) in [4.78, 5) is 12.2. The Morgan fingerprint density at radius 3 is 2.63 bits per heavy atom. The van der Waals surface area contributed by atoms with Gasteiger partial charge in [0.2, 0.25) is 5.91 Å². The van der Waals surface area contributed by atoms with Gasteiger partial charge in [-0.05, 0) is 47.9 Å². The molecule has 27 heavy (non-hydrogen) atoms. The summed E-state index contributed by atoms with van der Waals surface area (Å²) in [6.45, 7) is 0.770. The van der Waals surface area contributed by atoms with Gasteiger partial charge in [0.25, 0.3) is 0 Å². The van der Waals surface area contributed by atoms with Crippen molar-refractivity contribution in [2.45, 2.75) is 49.9 Å². The van der Waals surface area contributed by atoms with Gasteiger partial charge >= 0.3 is 0 Å². The highest BCUT2D eigenvalue weighted by Crippen LogP contribution is 2.32. The molecule has 4 rings (SSSR count). The molecule has 2 heterocycles. The zero-order valence-corrected chi connectivity index (χ0v) is 17.3. The number of rotatable bonds is 7. The Bertz CT molecular complexity index is 752. The van der Waals surface area contributed by atoms with Crippen LogP contribution in [0.3, 0.4) is 0 Å². The molecule has 0 radical (unpaired) electrons. The topological polar surface area (TPSA) is 41.1 Å². The first-order chi connectivity index (χ1) is 12.8. The van der Waals surface area contributed by atoms with Gasteiger partial charge in [-0.25, -0.2) is 0 Å². The lowest BCUT2D eigenvalue weighted by Crippen LogP contribution is -2.39. The van der Waals surface area contributed by atoms with Crippen molar-refractivity contribution < 1.29 is 4.79 Å². The van der Waals surface area contributed by atoms with Gasteiger partial charge in [-0.15, -0.1) is 12.4 Å². The summed E-state index contributed by atoms with van der Waals surface area (Å²) in [6, 6.07) is 16.4. The summed E-state index contributed by atoms with van der Waals surface area (Å²) in [5.41, 5.74) is 1.38. The quantitative estimate of drug-likeness (QED) is 0.666. The highest BCUT2D eigenvalue weighted by molar-refractivity contribution is 7.98. The summed E-state index contributed by atoms with van der Waals surface area (Å²) in [6.07, 6.45) is 5.67. The van der Waals surface area contributed by atoms with E-state index in [9.17, 15) is 4.79 Å². The molecule has 2 unspecified atom stereocenters. The Balaban J connectivity index is 0.00000210. The molecule has 0 saturated carbocycles. The summed E-state index contributed by atoms with van der Waals surface area (Å²) in [5, 5.41) is 9.41. The smallest absolute Gasteiger partial charge is 0.220 e. The molecular weight excluding hydrogens is 376 g/mol. The third kappa shape index (κ3) is 5.40. The molecule has 3 nitrogen and oxygen atoms in total. The summed E-state index contributed by atoms with van der Waals surface area (Å²) in [5.74, 6) is 2.78. The van der Waals surface area contributed by atoms with Crippen molar-refractivity contribution in [3.63, 3.8) is 0 Å². The molecule has 2 aliphatic rings. The van der Waals surface area contributed by atoms with Crippen LogP contribution in [0.5, 0.6) is 0 Å². The van der Waals surface area contributed by atoms with Crippen LogP contribution in [0, 0.1) is 5.92 Å². The fourth-order valence-corrected chi connectivity index (χ4v) is 5.40. The lowest BCUT2D eigenvalue weighted by molar-refractivity contribution is -0.122. The molecule has 2 N–H and O–H groups in total. The second-order valence-corrected chi connectivity index (χ2v) is 8.83. The minimum atomic E-state index is 0. The fourth-order valence-electron chi connectivity index (χ4n) is 4.54. The molecule has 0 spiro atoms. The number of hydrogen-bond donors (Lipinski definition) is 2. The highest BCUT2D eigenvalue weighted by atomic mass is 35.5. The van der Waals surface area contributed by atoms with Crippen LogP contribution in [0.4, 0.5) is 0 Å². The lowest BCUT2D eigenvalue weighted by Gasteiger charge is -2.28. The van der Waals surface area contributed by atoms with E-state index in [-0.39, 0.29) is 18.3 Å². The second-order valence-electron chi connectivity index (χ2n) is 7.72. The van der Waals surface area contributed by atoms with Crippen LogP contribution in [0.25, 0.3) is 10.8 Å². The molecule has 5 heteroatoms. The number of thioether (sulfide) groups is 1. The fraction of sp³-hybridized carbons (Fsp3) is 0.500. The predicted molar refractivity (Wildman–Crippen MR) is 118 cm³/mol. The van der Waals surface area contributed by atoms with Crippen LogP contribution in [-0.2, 0) is 10.5 Å². The lowest BCUT2D eigenvalue weighted by atomic mass is 9.89. The van der Waals surface area contributed by atoms with E-state index in [4.69, 9.17) is 0 Å². The van der Waals surface area contributed by atoms with Gasteiger partial charge in [0.15, 0.2) is 0 Å². The van der Waals surface area contributed by atoms with E-state index in [1.807, 2.05) is 11.8 Å². The van der Waals surface area contributed by atoms with Crippen molar-refractivity contribution in [3.8, 4) is 0 Å². The average Bonchev–Trinajstić information content (AvgIpc) is 3.00. The van der Waals surface area contributed by atoms with Gasteiger partial charge < -0.3 is 10.6 Å². The van der Waals surface area contributed by atoms with Crippen LogP contribution in [0.1, 0.15) is 37.7 Å². The molecular formula is C22H29ClN2OS. The average molecular weight is 405 g/mol. The number of piperidine rings is 1. The van der Waals surface area contributed by atoms with Gasteiger partial charge in [0.05, 0.1) is 0 Å². The number of fused-ring (bicyclic) bond motifs is 3. The van der Waals surface area contributed by atoms with E-state index >= 15 is 0 Å². The minimum Gasteiger partial charge on any atom is -0.355 e. The number of hydrogen-bond acceptors (Lipinski definition) is 3. The van der Waals surface area contributed by atoms with Gasteiger partial charge in [-0.2, -0.15) is 11.8 Å². The Kier molecular flexibility index (Phi) is 7.45. The molecule has 2 aliphatic heterocycles. The van der Waals surface area contributed by atoms with E-state index in [0.29, 0.717) is 24.4 Å². The zero-order valence-electron chi connectivity index (χ0n) is 15.7. The number of carbonyl (C=O) groups is 1. The molecule has 1 amide bonds. The molecule has 2 aromatic carbocycles. The normalized spacial score (nSPS) is 23.8. The molecule has 2 fully saturated rings. The highest BCUT2D eigenvalue weighted by Gasteiger charge is 2.33. The largest absolute Gasteiger partial charge is 0.355 e. The van der Waals surface area contributed by atoms with E-state index in [1.165, 1.54) is 42.0 Å². The first kappa shape index (κ1) is 20.5. The van der Waals surface area contributed by atoms with Crippen molar-refractivity contribution in [2.24, 2.45) is 5.92 Å². The Hall–Kier alpha value is -1.23.